The monoisotopic (exact) mass is 285 g/mol. The Kier molecular flexibility index (Phi) is 5.59. The lowest BCUT2D eigenvalue weighted by molar-refractivity contribution is 0.0243. The summed E-state index contributed by atoms with van der Waals surface area (Å²) in [6.45, 7) is -0.284. The van der Waals surface area contributed by atoms with Gasteiger partial charge in [0.2, 0.25) is 0 Å². The van der Waals surface area contributed by atoms with Gasteiger partial charge >= 0.3 is 5.97 Å². The number of esters is 1. The third-order valence-corrected chi connectivity index (χ3v) is 2.76. The summed E-state index contributed by atoms with van der Waals surface area (Å²) in [5.41, 5.74) is 8.49. The highest BCUT2D eigenvalue weighted by molar-refractivity contribution is 6.33. The maximum atomic E-state index is 11.4. The van der Waals surface area contributed by atoms with Gasteiger partial charge in [-0.3, -0.25) is 0 Å². The summed E-state index contributed by atoms with van der Waals surface area (Å²) >= 11 is 5.83. The Bertz CT molecular complexity index is 517. The van der Waals surface area contributed by atoms with E-state index in [2.05, 4.69) is 14.8 Å². The molecule has 0 spiro atoms. The minimum Gasteiger partial charge on any atom is -0.465 e. The minimum atomic E-state index is -1.30. The standard InChI is InChI=1S/C11H12ClN3O4/c1-19-11(18)7-4-6(2-3-8(7)12)10(17)9(16)5-14-15-13/h2-4,9-10,16-17H,5H2,1H3. The van der Waals surface area contributed by atoms with Gasteiger partial charge in [-0.25, -0.2) is 4.79 Å². The molecule has 0 saturated heterocycles. The molecule has 0 fully saturated rings. The van der Waals surface area contributed by atoms with E-state index in [-0.39, 0.29) is 22.7 Å². The largest absolute Gasteiger partial charge is 0.465 e. The highest BCUT2D eigenvalue weighted by atomic mass is 35.5. The van der Waals surface area contributed by atoms with E-state index in [9.17, 15) is 15.0 Å². The number of hydrogen-bond acceptors (Lipinski definition) is 5. The maximum Gasteiger partial charge on any atom is 0.339 e. The first-order valence-electron chi connectivity index (χ1n) is 5.26. The third kappa shape index (κ3) is 3.84. The molecule has 0 saturated carbocycles. The summed E-state index contributed by atoms with van der Waals surface area (Å²) in [5.74, 6) is -0.649. The van der Waals surface area contributed by atoms with Crippen molar-refractivity contribution in [1.82, 2.24) is 0 Å². The fourth-order valence-corrected chi connectivity index (χ4v) is 1.63. The van der Waals surface area contributed by atoms with Crippen LogP contribution in [0.3, 0.4) is 0 Å². The van der Waals surface area contributed by atoms with E-state index in [1.54, 1.807) is 0 Å². The summed E-state index contributed by atoms with van der Waals surface area (Å²) < 4.78 is 4.54. The van der Waals surface area contributed by atoms with Crippen LogP contribution >= 0.6 is 11.6 Å². The van der Waals surface area contributed by atoms with Crippen molar-refractivity contribution in [2.75, 3.05) is 13.7 Å². The molecule has 7 nitrogen and oxygen atoms in total. The van der Waals surface area contributed by atoms with Crippen LogP contribution in [0.2, 0.25) is 5.02 Å². The van der Waals surface area contributed by atoms with Crippen LogP contribution in [0, 0.1) is 0 Å². The molecule has 1 aromatic carbocycles. The van der Waals surface area contributed by atoms with Crippen LogP contribution in [0.5, 0.6) is 0 Å². The second-order valence-electron chi connectivity index (χ2n) is 3.66. The van der Waals surface area contributed by atoms with E-state index in [0.717, 1.165) is 0 Å². The SMILES string of the molecule is COC(=O)c1cc(C(O)C(O)CN=[N+]=[N-])ccc1Cl. The highest BCUT2D eigenvalue weighted by Gasteiger charge is 2.20. The second-order valence-corrected chi connectivity index (χ2v) is 4.06. The van der Waals surface area contributed by atoms with E-state index < -0.39 is 18.2 Å². The van der Waals surface area contributed by atoms with Crippen LogP contribution in [0.25, 0.3) is 10.4 Å². The summed E-state index contributed by atoms with van der Waals surface area (Å²) in [6.07, 6.45) is -2.58. The quantitative estimate of drug-likeness (QED) is 0.371. The molecular weight excluding hydrogens is 274 g/mol. The number of aliphatic hydroxyl groups excluding tert-OH is 2. The molecule has 0 radical (unpaired) electrons. The molecule has 1 rings (SSSR count). The fraction of sp³-hybridized carbons (Fsp3) is 0.364. The topological polar surface area (TPSA) is 116 Å². The maximum absolute atomic E-state index is 11.4. The molecule has 0 aliphatic heterocycles. The number of ether oxygens (including phenoxy) is 1. The molecule has 19 heavy (non-hydrogen) atoms. The Labute approximate surface area is 114 Å². The molecule has 0 aliphatic carbocycles. The van der Waals surface area contributed by atoms with Gasteiger partial charge in [0.15, 0.2) is 0 Å². The zero-order valence-corrected chi connectivity index (χ0v) is 10.8. The minimum absolute atomic E-state index is 0.0803. The first kappa shape index (κ1) is 15.3. The van der Waals surface area contributed by atoms with Gasteiger partial charge in [0.25, 0.3) is 0 Å². The molecule has 102 valence electrons. The van der Waals surface area contributed by atoms with Crippen LogP contribution in [0.1, 0.15) is 22.0 Å². The van der Waals surface area contributed by atoms with Crippen molar-refractivity contribution in [3.8, 4) is 0 Å². The van der Waals surface area contributed by atoms with Gasteiger partial charge in [0, 0.05) is 4.91 Å². The lowest BCUT2D eigenvalue weighted by atomic mass is 10.0. The van der Waals surface area contributed by atoms with Crippen LogP contribution in [-0.2, 0) is 4.74 Å². The molecule has 0 aromatic heterocycles. The average molecular weight is 286 g/mol. The molecule has 2 atom stereocenters. The smallest absolute Gasteiger partial charge is 0.339 e. The van der Waals surface area contributed by atoms with Gasteiger partial charge in [-0.05, 0) is 23.2 Å². The fourth-order valence-electron chi connectivity index (χ4n) is 1.44. The van der Waals surface area contributed by atoms with Gasteiger partial charge in [-0.15, -0.1) is 0 Å². The molecule has 8 heteroatoms. The molecule has 2 unspecified atom stereocenters. The lowest BCUT2D eigenvalue weighted by Gasteiger charge is -2.17. The first-order chi connectivity index (χ1) is 9.01. The van der Waals surface area contributed by atoms with Crippen LogP contribution in [0.15, 0.2) is 23.3 Å². The Balaban J connectivity index is 3.01. The summed E-state index contributed by atoms with van der Waals surface area (Å²) in [5, 5.41) is 22.8. The second kappa shape index (κ2) is 6.96. The van der Waals surface area contributed by atoms with Crippen molar-refractivity contribution in [2.45, 2.75) is 12.2 Å². The van der Waals surface area contributed by atoms with Crippen molar-refractivity contribution in [1.29, 1.82) is 0 Å². The van der Waals surface area contributed by atoms with E-state index in [1.165, 1.54) is 25.3 Å². The van der Waals surface area contributed by atoms with Gasteiger partial charge < -0.3 is 14.9 Å². The van der Waals surface area contributed by atoms with E-state index in [0.29, 0.717) is 0 Å². The summed E-state index contributed by atoms with van der Waals surface area (Å²) in [7, 11) is 1.21. The number of carbonyl (C=O) groups excluding carboxylic acids is 1. The van der Waals surface area contributed by atoms with Crippen LogP contribution in [-0.4, -0.2) is 35.9 Å². The first-order valence-corrected chi connectivity index (χ1v) is 5.63. The molecule has 0 heterocycles. The van der Waals surface area contributed by atoms with E-state index >= 15 is 0 Å². The van der Waals surface area contributed by atoms with Gasteiger partial charge in [-0.1, -0.05) is 22.8 Å². The van der Waals surface area contributed by atoms with Crippen molar-refractivity contribution >= 4 is 17.6 Å². The molecule has 0 aliphatic rings. The summed E-state index contributed by atoms with van der Waals surface area (Å²) in [4.78, 5) is 13.9. The van der Waals surface area contributed by atoms with Crippen molar-refractivity contribution in [2.24, 2.45) is 5.11 Å². The number of nitrogens with zero attached hydrogens (tertiary/aromatic N) is 3. The average Bonchev–Trinajstić information content (AvgIpc) is 2.43. The Morgan fingerprint density at radius 1 is 1.58 bits per heavy atom. The third-order valence-electron chi connectivity index (χ3n) is 2.43. The summed E-state index contributed by atoms with van der Waals surface area (Å²) in [6, 6.07) is 4.18. The normalized spacial score (nSPS) is 13.3. The van der Waals surface area contributed by atoms with Crippen molar-refractivity contribution in [3.05, 3.63) is 44.8 Å². The number of rotatable bonds is 5. The van der Waals surface area contributed by atoms with Crippen LogP contribution < -0.4 is 0 Å². The molecule has 0 amide bonds. The predicted octanol–water partition coefficient (Wildman–Crippen LogP) is 1.83. The number of azide groups is 1. The van der Waals surface area contributed by atoms with Crippen molar-refractivity contribution in [3.63, 3.8) is 0 Å². The number of aliphatic hydroxyl groups is 2. The van der Waals surface area contributed by atoms with E-state index in [4.69, 9.17) is 17.1 Å². The number of methoxy groups -OCH3 is 1. The van der Waals surface area contributed by atoms with E-state index in [1.807, 2.05) is 0 Å². The number of hydrogen-bond donors (Lipinski definition) is 2. The Morgan fingerprint density at radius 3 is 2.84 bits per heavy atom. The molecule has 0 bridgehead atoms. The lowest BCUT2D eigenvalue weighted by Crippen LogP contribution is -2.21. The zero-order valence-electron chi connectivity index (χ0n) is 10.0. The Hall–Kier alpha value is -1.79. The molecule has 1 aromatic rings. The van der Waals surface area contributed by atoms with Crippen molar-refractivity contribution < 1.29 is 19.7 Å². The van der Waals surface area contributed by atoms with Gasteiger partial charge in [-0.2, -0.15) is 0 Å². The number of benzene rings is 1. The number of halogens is 1. The number of carbonyl (C=O) groups is 1. The Morgan fingerprint density at radius 2 is 2.26 bits per heavy atom. The van der Waals surface area contributed by atoms with Crippen LogP contribution in [0.4, 0.5) is 0 Å². The highest BCUT2D eigenvalue weighted by Crippen LogP contribution is 2.24. The molecular formula is C11H12ClN3O4. The zero-order chi connectivity index (χ0) is 14.4. The van der Waals surface area contributed by atoms with Gasteiger partial charge in [0.05, 0.1) is 30.3 Å². The predicted molar refractivity (Wildman–Crippen MR) is 67.8 cm³/mol. The van der Waals surface area contributed by atoms with Gasteiger partial charge in [0.1, 0.15) is 6.10 Å². The molecule has 2 N–H and O–H groups in total.